The Balaban J connectivity index is 1.89. The van der Waals surface area contributed by atoms with Crippen molar-refractivity contribution in [1.29, 1.82) is 0 Å². The monoisotopic (exact) mass is 456 g/mol. The Morgan fingerprint density at radius 1 is 0.939 bits per heavy atom. The maximum absolute atomic E-state index is 12.6. The summed E-state index contributed by atoms with van der Waals surface area (Å²) in [5.41, 5.74) is 0.413. The molecule has 2 aromatic rings. The number of hydrogen-bond acceptors (Lipinski definition) is 9. The van der Waals surface area contributed by atoms with Gasteiger partial charge in [0, 0.05) is 0 Å². The summed E-state index contributed by atoms with van der Waals surface area (Å²) in [5.74, 6) is -2.48. The number of aliphatic hydroxyl groups excluding tert-OH is 1. The van der Waals surface area contributed by atoms with Crippen molar-refractivity contribution in [3.63, 3.8) is 0 Å². The van der Waals surface area contributed by atoms with E-state index < -0.39 is 48.6 Å². The van der Waals surface area contributed by atoms with Crippen molar-refractivity contribution in [2.24, 2.45) is 0 Å². The molecule has 0 unspecified atom stereocenters. The topological polar surface area (TPSA) is 118 Å². The summed E-state index contributed by atoms with van der Waals surface area (Å²) in [5, 5.41) is 11.1. The van der Waals surface area contributed by atoms with Crippen LogP contribution in [0.5, 0.6) is 0 Å². The molecule has 3 rings (SSSR count). The van der Waals surface area contributed by atoms with Crippen molar-refractivity contribution in [2.75, 3.05) is 13.7 Å². The Kier molecular flexibility index (Phi) is 8.31. The van der Waals surface area contributed by atoms with Gasteiger partial charge in [0.15, 0.2) is 24.6 Å². The van der Waals surface area contributed by atoms with Crippen LogP contribution < -0.4 is 0 Å². The first-order valence-corrected chi connectivity index (χ1v) is 10.1. The first-order valence-electron chi connectivity index (χ1n) is 10.1. The van der Waals surface area contributed by atoms with Gasteiger partial charge in [-0.1, -0.05) is 42.5 Å². The number of esters is 3. The lowest BCUT2D eigenvalue weighted by molar-refractivity contribution is -0.290. The average molecular weight is 456 g/mol. The van der Waals surface area contributed by atoms with E-state index in [0.717, 1.165) is 7.11 Å². The first kappa shape index (κ1) is 24.1. The van der Waals surface area contributed by atoms with Crippen LogP contribution >= 0.6 is 0 Å². The van der Waals surface area contributed by atoms with Gasteiger partial charge in [0.25, 0.3) is 0 Å². The van der Waals surface area contributed by atoms with E-state index >= 15 is 0 Å². The van der Waals surface area contributed by atoms with Gasteiger partial charge in [0.05, 0.1) is 24.8 Å². The highest BCUT2D eigenvalue weighted by molar-refractivity contribution is 5.90. The van der Waals surface area contributed by atoms with Crippen molar-refractivity contribution in [1.82, 2.24) is 0 Å². The Bertz CT molecular complexity index is 960. The summed E-state index contributed by atoms with van der Waals surface area (Å²) >= 11 is 0. The van der Waals surface area contributed by atoms with Crippen LogP contribution in [0.3, 0.4) is 0 Å². The molecule has 1 heterocycles. The van der Waals surface area contributed by atoms with Crippen LogP contribution in [0.4, 0.5) is 0 Å². The summed E-state index contributed by atoms with van der Waals surface area (Å²) in [6.45, 7) is 3.52. The van der Waals surface area contributed by atoms with Crippen LogP contribution in [0.15, 0.2) is 73.3 Å². The predicted octanol–water partition coefficient (Wildman–Crippen LogP) is 1.90. The summed E-state index contributed by atoms with van der Waals surface area (Å²) in [4.78, 5) is 37.6. The number of carbonyl (C=O) groups is 3. The molecule has 9 heteroatoms. The van der Waals surface area contributed by atoms with Crippen molar-refractivity contribution in [3.8, 4) is 0 Å². The molecule has 5 atom stereocenters. The number of benzene rings is 2. The number of rotatable bonds is 8. The number of hydrogen-bond donors (Lipinski definition) is 1. The van der Waals surface area contributed by atoms with Crippen molar-refractivity contribution >= 4 is 17.9 Å². The van der Waals surface area contributed by atoms with E-state index in [1.165, 1.54) is 30.3 Å². The van der Waals surface area contributed by atoms with Gasteiger partial charge in [-0.05, 0) is 24.3 Å². The van der Waals surface area contributed by atoms with E-state index in [4.69, 9.17) is 23.7 Å². The van der Waals surface area contributed by atoms with E-state index in [2.05, 4.69) is 6.58 Å². The first-order chi connectivity index (χ1) is 16.0. The highest BCUT2D eigenvalue weighted by Gasteiger charge is 2.53. The Morgan fingerprint density at radius 2 is 1.45 bits per heavy atom. The predicted molar refractivity (Wildman–Crippen MR) is 114 cm³/mol. The summed E-state index contributed by atoms with van der Waals surface area (Å²) < 4.78 is 26.8. The highest BCUT2D eigenvalue weighted by atomic mass is 16.7. The molecule has 1 aliphatic heterocycles. The fourth-order valence-electron chi connectivity index (χ4n) is 3.22. The van der Waals surface area contributed by atoms with E-state index in [0.29, 0.717) is 0 Å². The maximum atomic E-state index is 12.6. The Morgan fingerprint density at radius 3 is 1.94 bits per heavy atom. The summed E-state index contributed by atoms with van der Waals surface area (Å²) in [6, 6.07) is 16.1. The second kappa shape index (κ2) is 11.4. The fraction of sp³-hybridized carbons (Fsp3) is 0.292. The quantitative estimate of drug-likeness (QED) is 0.361. The van der Waals surface area contributed by atoms with E-state index in [-0.39, 0.29) is 17.7 Å². The molecule has 1 saturated heterocycles. The lowest BCUT2D eigenvalue weighted by Gasteiger charge is -2.41. The molecule has 0 bridgehead atoms. The molecule has 2 aromatic carbocycles. The third-order valence-electron chi connectivity index (χ3n) is 4.84. The lowest BCUT2D eigenvalue weighted by atomic mass is 9.98. The van der Waals surface area contributed by atoms with Gasteiger partial charge in [-0.15, -0.1) is 6.58 Å². The molecular weight excluding hydrogens is 432 g/mol. The zero-order chi connectivity index (χ0) is 23.8. The molecule has 0 amide bonds. The SMILES string of the molecule is C=CCO[C@@H]1O[C@H](C(=O)OC)[C@@H](OC(=O)c2ccccc2)[C@H](O)[C@H]1OC(=O)c1ccccc1. The van der Waals surface area contributed by atoms with Gasteiger partial charge in [-0.25, -0.2) is 14.4 Å². The summed E-state index contributed by atoms with van der Waals surface area (Å²) in [7, 11) is 1.12. The van der Waals surface area contributed by atoms with Gasteiger partial charge in [0.2, 0.25) is 0 Å². The van der Waals surface area contributed by atoms with Crippen LogP contribution in [-0.2, 0) is 28.5 Å². The van der Waals surface area contributed by atoms with Crippen LogP contribution in [0.2, 0.25) is 0 Å². The minimum absolute atomic E-state index is 0.0286. The molecule has 1 aliphatic rings. The van der Waals surface area contributed by atoms with E-state index in [1.54, 1.807) is 36.4 Å². The molecule has 0 aliphatic carbocycles. The van der Waals surface area contributed by atoms with Gasteiger partial charge in [-0.2, -0.15) is 0 Å². The molecule has 0 radical (unpaired) electrons. The van der Waals surface area contributed by atoms with Crippen molar-refractivity contribution < 1.29 is 43.2 Å². The second-order valence-electron chi connectivity index (χ2n) is 7.03. The molecule has 1 fully saturated rings. The average Bonchev–Trinajstić information content (AvgIpc) is 2.86. The smallest absolute Gasteiger partial charge is 0.339 e. The summed E-state index contributed by atoms with van der Waals surface area (Å²) in [6.07, 6.45) is -6.10. The van der Waals surface area contributed by atoms with Crippen molar-refractivity contribution in [3.05, 3.63) is 84.4 Å². The molecule has 0 spiro atoms. The van der Waals surface area contributed by atoms with Crippen LogP contribution in [0, 0.1) is 0 Å². The van der Waals surface area contributed by atoms with Crippen molar-refractivity contribution in [2.45, 2.75) is 30.7 Å². The molecular formula is C24H24O9. The van der Waals surface area contributed by atoms with Crippen LogP contribution in [0.1, 0.15) is 20.7 Å². The fourth-order valence-corrected chi connectivity index (χ4v) is 3.22. The minimum atomic E-state index is -1.67. The number of aliphatic hydroxyl groups is 1. The van der Waals surface area contributed by atoms with E-state index in [1.807, 2.05) is 0 Å². The molecule has 33 heavy (non-hydrogen) atoms. The molecule has 174 valence electrons. The zero-order valence-electron chi connectivity index (χ0n) is 17.9. The number of methoxy groups -OCH3 is 1. The Hall–Kier alpha value is -3.53. The third kappa shape index (κ3) is 5.83. The molecule has 0 aromatic heterocycles. The van der Waals surface area contributed by atoms with Gasteiger partial charge < -0.3 is 28.8 Å². The highest BCUT2D eigenvalue weighted by Crippen LogP contribution is 2.29. The maximum Gasteiger partial charge on any atom is 0.339 e. The van der Waals surface area contributed by atoms with Gasteiger partial charge in [0.1, 0.15) is 6.10 Å². The minimum Gasteiger partial charge on any atom is -0.467 e. The largest absolute Gasteiger partial charge is 0.467 e. The Labute approximate surface area is 190 Å². The number of ether oxygens (including phenoxy) is 5. The molecule has 1 N–H and O–H groups in total. The van der Waals surface area contributed by atoms with Gasteiger partial charge >= 0.3 is 17.9 Å². The number of carbonyl (C=O) groups excluding carboxylic acids is 3. The van der Waals surface area contributed by atoms with Crippen LogP contribution in [-0.4, -0.2) is 67.4 Å². The molecule has 0 saturated carbocycles. The molecule has 9 nitrogen and oxygen atoms in total. The lowest BCUT2D eigenvalue weighted by Crippen LogP contribution is -2.62. The van der Waals surface area contributed by atoms with Gasteiger partial charge in [-0.3, -0.25) is 0 Å². The normalized spacial score (nSPS) is 24.4. The second-order valence-corrected chi connectivity index (χ2v) is 7.03. The zero-order valence-corrected chi connectivity index (χ0v) is 17.9. The third-order valence-corrected chi connectivity index (χ3v) is 4.84. The van der Waals surface area contributed by atoms with E-state index in [9.17, 15) is 19.5 Å². The van der Waals surface area contributed by atoms with Crippen LogP contribution in [0.25, 0.3) is 0 Å². The standard InChI is InChI=1S/C24H24O9/c1-3-14-30-24-19(32-22(27)16-12-8-5-9-13-16)17(25)18(20(33-24)23(28)29-2)31-21(26)15-10-6-4-7-11-15/h3-13,17-20,24-25H,1,14H2,2H3/t17-,18-,19+,20-,24+/m0/s1.